The van der Waals surface area contributed by atoms with Gasteiger partial charge < -0.3 is 9.88 Å². The highest BCUT2D eigenvalue weighted by Crippen LogP contribution is 2.21. The fraction of sp³-hybridized carbons (Fsp3) is 0.450. The van der Waals surface area contributed by atoms with Crippen LogP contribution in [0.25, 0.3) is 10.9 Å². The van der Waals surface area contributed by atoms with Crippen LogP contribution in [0.5, 0.6) is 0 Å². The van der Waals surface area contributed by atoms with Crippen LogP contribution in [0, 0.1) is 12.8 Å². The summed E-state index contributed by atoms with van der Waals surface area (Å²) in [6, 6.07) is 10.3. The molecule has 6 heteroatoms. The Balaban J connectivity index is 1.68. The number of fused-ring (bicyclic) bond motifs is 1. The highest BCUT2D eigenvalue weighted by molar-refractivity contribution is 5.81. The number of benzene rings is 1. The average molecular weight is 353 g/mol. The second-order valence-electron chi connectivity index (χ2n) is 7.24. The number of nitrogens with one attached hydrogen (secondary N) is 1. The van der Waals surface area contributed by atoms with Crippen molar-refractivity contribution in [1.29, 1.82) is 0 Å². The Morgan fingerprint density at radius 3 is 2.73 bits per heavy atom. The second-order valence-corrected chi connectivity index (χ2v) is 7.24. The Kier molecular flexibility index (Phi) is 5.40. The van der Waals surface area contributed by atoms with E-state index in [9.17, 15) is 4.79 Å². The van der Waals surface area contributed by atoms with Crippen LogP contribution in [0.1, 0.15) is 44.2 Å². The van der Waals surface area contributed by atoms with Crippen molar-refractivity contribution in [2.45, 2.75) is 46.2 Å². The van der Waals surface area contributed by atoms with Gasteiger partial charge in [-0.2, -0.15) is 5.10 Å². The van der Waals surface area contributed by atoms with Crippen molar-refractivity contribution in [3.8, 4) is 0 Å². The van der Waals surface area contributed by atoms with Gasteiger partial charge in [0.25, 0.3) is 0 Å². The van der Waals surface area contributed by atoms with Crippen molar-refractivity contribution < 1.29 is 4.79 Å². The zero-order valence-electron chi connectivity index (χ0n) is 15.9. The van der Waals surface area contributed by atoms with Crippen LogP contribution in [0.2, 0.25) is 0 Å². The maximum absolute atomic E-state index is 12.6. The van der Waals surface area contributed by atoms with Crippen molar-refractivity contribution in [3.05, 3.63) is 48.2 Å². The predicted molar refractivity (Wildman–Crippen MR) is 103 cm³/mol. The lowest BCUT2D eigenvalue weighted by Gasteiger charge is -2.20. The van der Waals surface area contributed by atoms with Crippen molar-refractivity contribution in [1.82, 2.24) is 24.6 Å². The van der Waals surface area contributed by atoms with Crippen molar-refractivity contribution in [2.75, 3.05) is 0 Å². The Morgan fingerprint density at radius 2 is 2.04 bits per heavy atom. The van der Waals surface area contributed by atoms with E-state index in [2.05, 4.69) is 58.9 Å². The molecule has 0 aliphatic heterocycles. The maximum Gasteiger partial charge on any atom is 0.222 e. The van der Waals surface area contributed by atoms with Crippen LogP contribution < -0.4 is 5.32 Å². The first-order chi connectivity index (χ1) is 12.5. The molecule has 2 aromatic heterocycles. The van der Waals surface area contributed by atoms with Gasteiger partial charge in [-0.05, 0) is 36.8 Å². The summed E-state index contributed by atoms with van der Waals surface area (Å²) in [5, 5.41) is 8.49. The van der Waals surface area contributed by atoms with Crippen molar-refractivity contribution in [2.24, 2.45) is 13.0 Å². The first-order valence-electron chi connectivity index (χ1n) is 9.14. The zero-order valence-corrected chi connectivity index (χ0v) is 15.9. The quantitative estimate of drug-likeness (QED) is 0.708. The molecule has 26 heavy (non-hydrogen) atoms. The summed E-state index contributed by atoms with van der Waals surface area (Å²) in [5.41, 5.74) is 2.34. The number of rotatable bonds is 7. The Bertz CT molecular complexity index is 893. The van der Waals surface area contributed by atoms with Crippen LogP contribution in [0.15, 0.2) is 36.7 Å². The van der Waals surface area contributed by atoms with E-state index in [0.717, 1.165) is 12.2 Å². The Hall–Kier alpha value is -2.63. The molecule has 3 rings (SSSR count). The van der Waals surface area contributed by atoms with Crippen LogP contribution in [0.4, 0.5) is 0 Å². The third-order valence-corrected chi connectivity index (χ3v) is 4.68. The van der Waals surface area contributed by atoms with Crippen LogP contribution in [-0.4, -0.2) is 25.2 Å². The van der Waals surface area contributed by atoms with Crippen LogP contribution in [-0.2, 0) is 18.4 Å². The summed E-state index contributed by atoms with van der Waals surface area (Å²) in [6.45, 7) is 7.03. The molecule has 0 aliphatic carbocycles. The molecule has 6 nitrogen and oxygen atoms in total. The Morgan fingerprint density at radius 1 is 1.27 bits per heavy atom. The van der Waals surface area contributed by atoms with Gasteiger partial charge in [-0.1, -0.05) is 32.0 Å². The molecule has 1 aromatic carbocycles. The lowest BCUT2D eigenvalue weighted by molar-refractivity contribution is -0.122. The average Bonchev–Trinajstić information content (AvgIpc) is 3.14. The molecular formula is C20H27N5O. The summed E-state index contributed by atoms with van der Waals surface area (Å²) in [5.74, 6) is 1.29. The standard InChI is InChI=1S/C20H27N5O/c1-14(2)11-17(20-21-13-22-24(20)4)23-19(26)9-10-25-15(3)12-16-7-5-6-8-18(16)25/h5-8,12-14,17H,9-11H2,1-4H3,(H,23,26)/t17-/m0/s1. The highest BCUT2D eigenvalue weighted by Gasteiger charge is 2.20. The molecule has 138 valence electrons. The topological polar surface area (TPSA) is 64.7 Å². The normalized spacial score (nSPS) is 12.7. The monoisotopic (exact) mass is 353 g/mol. The van der Waals surface area contributed by atoms with E-state index in [1.165, 1.54) is 22.9 Å². The number of para-hydroxylation sites is 1. The molecular weight excluding hydrogens is 326 g/mol. The molecule has 3 aromatic rings. The first-order valence-corrected chi connectivity index (χ1v) is 9.14. The van der Waals surface area contributed by atoms with Crippen LogP contribution >= 0.6 is 0 Å². The number of carbonyl (C=O) groups is 1. The molecule has 1 amide bonds. The fourth-order valence-electron chi connectivity index (χ4n) is 3.45. The number of amides is 1. The van der Waals surface area contributed by atoms with E-state index < -0.39 is 0 Å². The van der Waals surface area contributed by atoms with E-state index in [1.807, 2.05) is 19.2 Å². The summed E-state index contributed by atoms with van der Waals surface area (Å²) in [6.07, 6.45) is 2.81. The van der Waals surface area contributed by atoms with E-state index in [4.69, 9.17) is 0 Å². The van der Waals surface area contributed by atoms with Gasteiger partial charge in [0.05, 0.1) is 6.04 Å². The maximum atomic E-state index is 12.6. The second kappa shape index (κ2) is 7.72. The summed E-state index contributed by atoms with van der Waals surface area (Å²) in [7, 11) is 1.86. The number of nitrogens with zero attached hydrogens (tertiary/aromatic N) is 4. The largest absolute Gasteiger partial charge is 0.346 e. The molecule has 1 N–H and O–H groups in total. The lowest BCUT2D eigenvalue weighted by Crippen LogP contribution is -2.32. The first kappa shape index (κ1) is 18.2. The minimum atomic E-state index is -0.113. The molecule has 0 radical (unpaired) electrons. The lowest BCUT2D eigenvalue weighted by atomic mass is 10.0. The van der Waals surface area contributed by atoms with Gasteiger partial charge in [0.2, 0.25) is 5.91 Å². The number of aryl methyl sites for hydroxylation is 3. The van der Waals surface area contributed by atoms with Crippen LogP contribution in [0.3, 0.4) is 0 Å². The molecule has 2 heterocycles. The van der Waals surface area contributed by atoms with E-state index in [1.54, 1.807) is 4.68 Å². The van der Waals surface area contributed by atoms with E-state index in [0.29, 0.717) is 18.9 Å². The van der Waals surface area contributed by atoms with Crippen molar-refractivity contribution in [3.63, 3.8) is 0 Å². The molecule has 0 spiro atoms. The van der Waals surface area contributed by atoms with Crippen molar-refractivity contribution >= 4 is 16.8 Å². The SMILES string of the molecule is Cc1cc2ccccc2n1CCC(=O)N[C@@H](CC(C)C)c1ncnn1C. The van der Waals surface area contributed by atoms with E-state index in [-0.39, 0.29) is 11.9 Å². The van der Waals surface area contributed by atoms with Gasteiger partial charge in [-0.25, -0.2) is 4.98 Å². The van der Waals surface area contributed by atoms with Gasteiger partial charge >= 0.3 is 0 Å². The third kappa shape index (κ3) is 3.95. The predicted octanol–water partition coefficient (Wildman–Crippen LogP) is 3.37. The Labute approximate surface area is 154 Å². The van der Waals surface area contributed by atoms with E-state index >= 15 is 0 Å². The van der Waals surface area contributed by atoms with Gasteiger partial charge in [0.15, 0.2) is 0 Å². The third-order valence-electron chi connectivity index (χ3n) is 4.68. The number of aromatic nitrogens is 4. The molecule has 0 saturated heterocycles. The highest BCUT2D eigenvalue weighted by atomic mass is 16.1. The molecule has 1 atom stereocenters. The van der Waals surface area contributed by atoms with Gasteiger partial charge in [-0.3, -0.25) is 9.48 Å². The van der Waals surface area contributed by atoms with Gasteiger partial charge in [-0.15, -0.1) is 0 Å². The minimum absolute atomic E-state index is 0.0378. The summed E-state index contributed by atoms with van der Waals surface area (Å²) < 4.78 is 3.94. The number of hydrogen-bond donors (Lipinski definition) is 1. The molecule has 0 aliphatic rings. The molecule has 0 saturated carbocycles. The zero-order chi connectivity index (χ0) is 18.7. The number of carbonyl (C=O) groups excluding carboxylic acids is 1. The smallest absolute Gasteiger partial charge is 0.222 e. The molecule has 0 fully saturated rings. The molecule has 0 unspecified atom stereocenters. The molecule has 0 bridgehead atoms. The number of hydrogen-bond acceptors (Lipinski definition) is 3. The van der Waals surface area contributed by atoms with Gasteiger partial charge in [0, 0.05) is 31.2 Å². The summed E-state index contributed by atoms with van der Waals surface area (Å²) in [4.78, 5) is 16.9. The fourth-order valence-corrected chi connectivity index (χ4v) is 3.45. The van der Waals surface area contributed by atoms with Gasteiger partial charge in [0.1, 0.15) is 12.2 Å². The minimum Gasteiger partial charge on any atom is -0.346 e. The summed E-state index contributed by atoms with van der Waals surface area (Å²) >= 11 is 0.